The molecular formula is C10H11FIN. The Morgan fingerprint density at radius 1 is 1.46 bits per heavy atom. The lowest BCUT2D eigenvalue weighted by molar-refractivity contribution is 0.558. The van der Waals surface area contributed by atoms with Crippen LogP contribution < -0.4 is 5.32 Å². The van der Waals surface area contributed by atoms with Crippen LogP contribution in [0.4, 0.5) is 4.39 Å². The van der Waals surface area contributed by atoms with Crippen molar-refractivity contribution in [1.29, 1.82) is 0 Å². The highest BCUT2D eigenvalue weighted by molar-refractivity contribution is 14.1. The molecule has 0 aliphatic carbocycles. The molecule has 1 aromatic carbocycles. The lowest BCUT2D eigenvalue weighted by Gasteiger charge is -2.11. The van der Waals surface area contributed by atoms with Gasteiger partial charge in [-0.1, -0.05) is 0 Å². The zero-order valence-electron chi connectivity index (χ0n) is 7.19. The van der Waals surface area contributed by atoms with Gasteiger partial charge in [0.25, 0.3) is 0 Å². The number of halogens is 2. The van der Waals surface area contributed by atoms with Crippen LogP contribution in [0.25, 0.3) is 0 Å². The Morgan fingerprint density at radius 3 is 3.00 bits per heavy atom. The van der Waals surface area contributed by atoms with E-state index in [2.05, 4.69) is 27.9 Å². The summed E-state index contributed by atoms with van der Waals surface area (Å²) in [6, 6.07) is 5.51. The summed E-state index contributed by atoms with van der Waals surface area (Å²) in [6.45, 7) is 1.01. The Bertz CT molecular complexity index is 308. The van der Waals surface area contributed by atoms with Crippen LogP contribution in [-0.2, 0) is 0 Å². The molecular weight excluding hydrogens is 280 g/mol. The predicted octanol–water partition coefficient (Wildman–Crippen LogP) is 2.85. The molecule has 2 rings (SSSR count). The molecule has 1 atom stereocenters. The Hall–Kier alpha value is -0.160. The summed E-state index contributed by atoms with van der Waals surface area (Å²) in [6.07, 6.45) is 2.20. The van der Waals surface area contributed by atoms with Gasteiger partial charge in [-0.05, 0) is 60.2 Å². The summed E-state index contributed by atoms with van der Waals surface area (Å²) in [5.41, 5.74) is 0.824. The molecule has 1 N–H and O–H groups in total. The van der Waals surface area contributed by atoms with E-state index >= 15 is 0 Å². The van der Waals surface area contributed by atoms with Gasteiger partial charge in [0.2, 0.25) is 0 Å². The summed E-state index contributed by atoms with van der Waals surface area (Å²) in [4.78, 5) is 0. The first-order chi connectivity index (χ1) is 6.27. The van der Waals surface area contributed by atoms with Gasteiger partial charge in [-0.25, -0.2) is 4.39 Å². The minimum absolute atomic E-state index is 0.0835. The molecule has 3 heteroatoms. The smallest absolute Gasteiger partial charge is 0.128 e. The molecule has 1 aromatic rings. The maximum absolute atomic E-state index is 13.4. The van der Waals surface area contributed by atoms with Crippen molar-refractivity contribution in [3.05, 3.63) is 33.1 Å². The van der Waals surface area contributed by atoms with Gasteiger partial charge in [-0.3, -0.25) is 0 Å². The van der Waals surface area contributed by atoms with E-state index in [0.29, 0.717) is 0 Å². The Kier molecular flexibility index (Phi) is 2.83. The third-order valence-corrected chi connectivity index (χ3v) is 3.06. The molecule has 1 aliphatic heterocycles. The van der Waals surface area contributed by atoms with Crippen molar-refractivity contribution >= 4 is 22.6 Å². The standard InChI is InChI=1S/C10H11FIN/c11-9-4-3-7(12)6-8(9)10-2-1-5-13-10/h3-4,6,10,13H,1-2,5H2. The Balaban J connectivity index is 2.32. The number of rotatable bonds is 1. The van der Waals surface area contributed by atoms with E-state index in [1.54, 1.807) is 12.1 Å². The van der Waals surface area contributed by atoms with Crippen molar-refractivity contribution in [2.75, 3.05) is 6.54 Å². The third-order valence-electron chi connectivity index (χ3n) is 2.39. The molecule has 0 bridgehead atoms. The fourth-order valence-corrected chi connectivity index (χ4v) is 2.25. The lowest BCUT2D eigenvalue weighted by atomic mass is 10.1. The van der Waals surface area contributed by atoms with E-state index in [1.807, 2.05) is 6.07 Å². The molecule has 0 saturated carbocycles. The molecule has 70 valence electrons. The van der Waals surface area contributed by atoms with Gasteiger partial charge in [0.15, 0.2) is 0 Å². The minimum atomic E-state index is -0.0835. The average Bonchev–Trinajstić information content (AvgIpc) is 2.61. The first-order valence-corrected chi connectivity index (χ1v) is 5.53. The molecule has 0 aromatic heterocycles. The number of benzene rings is 1. The van der Waals surface area contributed by atoms with Crippen LogP contribution in [-0.4, -0.2) is 6.54 Å². The van der Waals surface area contributed by atoms with Crippen molar-refractivity contribution in [3.8, 4) is 0 Å². The molecule has 1 saturated heterocycles. The normalized spacial score (nSPS) is 22.2. The second kappa shape index (κ2) is 3.92. The van der Waals surface area contributed by atoms with Gasteiger partial charge in [0.1, 0.15) is 5.82 Å². The van der Waals surface area contributed by atoms with Gasteiger partial charge in [-0.2, -0.15) is 0 Å². The first-order valence-electron chi connectivity index (χ1n) is 4.46. The summed E-state index contributed by atoms with van der Waals surface area (Å²) in [5, 5.41) is 3.30. The van der Waals surface area contributed by atoms with Crippen LogP contribution in [0.3, 0.4) is 0 Å². The predicted molar refractivity (Wildman–Crippen MR) is 59.1 cm³/mol. The van der Waals surface area contributed by atoms with Crippen LogP contribution in [0.1, 0.15) is 24.4 Å². The summed E-state index contributed by atoms with van der Waals surface area (Å²) in [5.74, 6) is -0.0835. The van der Waals surface area contributed by atoms with Crippen LogP contribution in [0.2, 0.25) is 0 Å². The monoisotopic (exact) mass is 291 g/mol. The Labute approximate surface area is 90.9 Å². The topological polar surface area (TPSA) is 12.0 Å². The van der Waals surface area contributed by atoms with Gasteiger partial charge in [0.05, 0.1) is 0 Å². The highest BCUT2D eigenvalue weighted by Crippen LogP contribution is 2.26. The lowest BCUT2D eigenvalue weighted by Crippen LogP contribution is -2.14. The van der Waals surface area contributed by atoms with E-state index in [0.717, 1.165) is 28.5 Å². The molecule has 1 unspecified atom stereocenters. The van der Waals surface area contributed by atoms with Crippen molar-refractivity contribution < 1.29 is 4.39 Å². The first kappa shape index (κ1) is 9.40. The number of hydrogen-bond acceptors (Lipinski definition) is 1. The van der Waals surface area contributed by atoms with E-state index in [-0.39, 0.29) is 11.9 Å². The molecule has 1 heterocycles. The van der Waals surface area contributed by atoms with E-state index < -0.39 is 0 Å². The summed E-state index contributed by atoms with van der Waals surface area (Å²) >= 11 is 2.21. The quantitative estimate of drug-likeness (QED) is 0.785. The third kappa shape index (κ3) is 2.02. The van der Waals surface area contributed by atoms with Crippen molar-refractivity contribution in [2.24, 2.45) is 0 Å². The van der Waals surface area contributed by atoms with Gasteiger partial charge in [0, 0.05) is 15.2 Å². The van der Waals surface area contributed by atoms with Gasteiger partial charge < -0.3 is 5.32 Å². The van der Waals surface area contributed by atoms with Crippen LogP contribution in [0, 0.1) is 9.39 Å². The minimum Gasteiger partial charge on any atom is -0.310 e. The van der Waals surface area contributed by atoms with E-state index in [4.69, 9.17) is 0 Å². The molecule has 1 fully saturated rings. The molecule has 0 radical (unpaired) electrons. The zero-order valence-corrected chi connectivity index (χ0v) is 9.34. The molecule has 13 heavy (non-hydrogen) atoms. The van der Waals surface area contributed by atoms with Crippen molar-refractivity contribution in [1.82, 2.24) is 5.32 Å². The zero-order chi connectivity index (χ0) is 9.26. The van der Waals surface area contributed by atoms with Crippen LogP contribution >= 0.6 is 22.6 Å². The average molecular weight is 291 g/mol. The fourth-order valence-electron chi connectivity index (χ4n) is 1.73. The molecule has 0 spiro atoms. The highest BCUT2D eigenvalue weighted by Gasteiger charge is 2.19. The van der Waals surface area contributed by atoms with E-state index in [9.17, 15) is 4.39 Å². The molecule has 1 aliphatic rings. The Morgan fingerprint density at radius 2 is 2.31 bits per heavy atom. The number of nitrogens with one attached hydrogen (secondary N) is 1. The molecule has 0 amide bonds. The van der Waals surface area contributed by atoms with Crippen LogP contribution in [0.5, 0.6) is 0 Å². The highest BCUT2D eigenvalue weighted by atomic mass is 127. The van der Waals surface area contributed by atoms with Crippen LogP contribution in [0.15, 0.2) is 18.2 Å². The van der Waals surface area contributed by atoms with Gasteiger partial charge in [-0.15, -0.1) is 0 Å². The number of hydrogen-bond donors (Lipinski definition) is 1. The summed E-state index contributed by atoms with van der Waals surface area (Å²) < 4.78 is 14.5. The van der Waals surface area contributed by atoms with Gasteiger partial charge >= 0.3 is 0 Å². The fraction of sp³-hybridized carbons (Fsp3) is 0.400. The maximum atomic E-state index is 13.4. The molecule has 1 nitrogen and oxygen atoms in total. The van der Waals surface area contributed by atoms with E-state index in [1.165, 1.54) is 0 Å². The largest absolute Gasteiger partial charge is 0.310 e. The maximum Gasteiger partial charge on any atom is 0.128 e. The summed E-state index contributed by atoms with van der Waals surface area (Å²) in [7, 11) is 0. The second-order valence-electron chi connectivity index (χ2n) is 3.31. The van der Waals surface area contributed by atoms with Crippen molar-refractivity contribution in [2.45, 2.75) is 18.9 Å². The van der Waals surface area contributed by atoms with Crippen molar-refractivity contribution in [3.63, 3.8) is 0 Å². The SMILES string of the molecule is Fc1ccc(I)cc1C1CCCN1. The second-order valence-corrected chi connectivity index (χ2v) is 4.56.